The lowest BCUT2D eigenvalue weighted by atomic mass is 9.70. The summed E-state index contributed by atoms with van der Waals surface area (Å²) < 4.78 is 0. The van der Waals surface area contributed by atoms with E-state index >= 15 is 0 Å². The van der Waals surface area contributed by atoms with Gasteiger partial charge in [0.25, 0.3) is 0 Å². The third kappa shape index (κ3) is 4.26. The zero-order chi connectivity index (χ0) is 17.4. The summed E-state index contributed by atoms with van der Waals surface area (Å²) in [7, 11) is 0. The van der Waals surface area contributed by atoms with E-state index in [9.17, 15) is 10.2 Å². The van der Waals surface area contributed by atoms with Crippen molar-refractivity contribution in [3.63, 3.8) is 0 Å². The molecule has 132 valence electrons. The van der Waals surface area contributed by atoms with E-state index in [0.717, 1.165) is 38.5 Å². The summed E-state index contributed by atoms with van der Waals surface area (Å²) in [5, 5.41) is 25.3. The maximum Gasteiger partial charge on any atom is 0.0772 e. The van der Waals surface area contributed by atoms with Gasteiger partial charge in [-0.1, -0.05) is 24.3 Å². The van der Waals surface area contributed by atoms with Crippen molar-refractivity contribution in [1.82, 2.24) is 5.32 Å². The molecule has 0 aliphatic heterocycles. The minimum Gasteiger partial charge on any atom is -0.389 e. The van der Waals surface area contributed by atoms with E-state index in [2.05, 4.69) is 32.3 Å². The molecule has 0 heterocycles. The second-order valence-electron chi connectivity index (χ2n) is 8.62. The third-order valence-corrected chi connectivity index (χ3v) is 6.34. The molecule has 2 saturated carbocycles. The molecular weight excluding hydrogens is 286 g/mol. The Kier molecular flexibility index (Phi) is 5.44. The lowest BCUT2D eigenvalue weighted by Crippen LogP contribution is -2.62. The van der Waals surface area contributed by atoms with Crippen molar-refractivity contribution < 1.29 is 10.2 Å². The Morgan fingerprint density at radius 3 is 1.52 bits per heavy atom. The van der Waals surface area contributed by atoms with Gasteiger partial charge >= 0.3 is 0 Å². The average Bonchev–Trinajstić information content (AvgIpc) is 2.42. The molecule has 0 unspecified atom stereocenters. The Hall–Kier alpha value is -0.640. The SMILES string of the molecule is C=C(C)[C@H]1CC[C@@](C)(O)[C@H](N[C@@H]2C[C@@H](C(=C)C)CC[C@@]2(C)O)C1. The third-order valence-electron chi connectivity index (χ3n) is 6.34. The van der Waals surface area contributed by atoms with Crippen molar-refractivity contribution in [2.45, 2.75) is 89.5 Å². The molecule has 0 amide bonds. The molecule has 6 atom stereocenters. The van der Waals surface area contributed by atoms with Crippen LogP contribution in [0.5, 0.6) is 0 Å². The first kappa shape index (κ1) is 18.7. The highest BCUT2D eigenvalue weighted by molar-refractivity contribution is 5.09. The van der Waals surface area contributed by atoms with Crippen LogP contribution in [0.4, 0.5) is 0 Å². The van der Waals surface area contributed by atoms with E-state index in [1.807, 2.05) is 13.8 Å². The fourth-order valence-corrected chi connectivity index (χ4v) is 4.23. The van der Waals surface area contributed by atoms with Crippen molar-refractivity contribution in [3.05, 3.63) is 24.3 Å². The van der Waals surface area contributed by atoms with E-state index in [1.165, 1.54) is 11.1 Å². The van der Waals surface area contributed by atoms with Gasteiger partial charge in [-0.3, -0.25) is 0 Å². The van der Waals surface area contributed by atoms with Crippen molar-refractivity contribution in [1.29, 1.82) is 0 Å². The molecule has 0 saturated heterocycles. The first-order valence-electron chi connectivity index (χ1n) is 9.04. The molecule has 2 aliphatic carbocycles. The molecule has 0 spiro atoms. The molecule has 3 heteroatoms. The lowest BCUT2D eigenvalue weighted by Gasteiger charge is -2.48. The van der Waals surface area contributed by atoms with Crippen LogP contribution >= 0.6 is 0 Å². The first-order chi connectivity index (χ1) is 10.5. The fourth-order valence-electron chi connectivity index (χ4n) is 4.23. The molecule has 0 aromatic carbocycles. The molecule has 0 radical (unpaired) electrons. The van der Waals surface area contributed by atoms with E-state index in [-0.39, 0.29) is 12.1 Å². The van der Waals surface area contributed by atoms with Gasteiger partial charge in [0.15, 0.2) is 0 Å². The Morgan fingerprint density at radius 2 is 1.22 bits per heavy atom. The Morgan fingerprint density at radius 1 is 0.870 bits per heavy atom. The Bertz CT molecular complexity index is 424. The maximum atomic E-state index is 10.8. The van der Waals surface area contributed by atoms with Gasteiger partial charge in [-0.05, 0) is 78.1 Å². The Balaban J connectivity index is 2.12. The lowest BCUT2D eigenvalue weighted by molar-refractivity contribution is -0.0619. The molecule has 3 N–H and O–H groups in total. The van der Waals surface area contributed by atoms with Gasteiger partial charge in [-0.15, -0.1) is 0 Å². The van der Waals surface area contributed by atoms with Gasteiger partial charge < -0.3 is 15.5 Å². The van der Waals surface area contributed by atoms with Crippen molar-refractivity contribution >= 4 is 0 Å². The summed E-state index contributed by atoms with van der Waals surface area (Å²) >= 11 is 0. The van der Waals surface area contributed by atoms with Crippen LogP contribution < -0.4 is 5.32 Å². The largest absolute Gasteiger partial charge is 0.389 e. The molecule has 2 aliphatic rings. The Labute approximate surface area is 141 Å². The normalized spacial score (nSPS) is 44.8. The quantitative estimate of drug-likeness (QED) is 0.694. The maximum absolute atomic E-state index is 10.8. The monoisotopic (exact) mass is 321 g/mol. The molecule has 2 fully saturated rings. The van der Waals surface area contributed by atoms with E-state index in [1.54, 1.807) is 0 Å². The first-order valence-corrected chi connectivity index (χ1v) is 9.04. The second kappa shape index (κ2) is 6.70. The van der Waals surface area contributed by atoms with Gasteiger partial charge in [-0.25, -0.2) is 0 Å². The van der Waals surface area contributed by atoms with E-state index in [0.29, 0.717) is 11.8 Å². The van der Waals surface area contributed by atoms with Gasteiger partial charge in [0, 0.05) is 12.1 Å². The van der Waals surface area contributed by atoms with E-state index in [4.69, 9.17) is 0 Å². The summed E-state index contributed by atoms with van der Waals surface area (Å²) in [4.78, 5) is 0. The topological polar surface area (TPSA) is 52.5 Å². The fraction of sp³-hybridized carbons (Fsp3) is 0.800. The molecule has 0 aromatic rings. The minimum atomic E-state index is -0.724. The number of allylic oxidation sites excluding steroid dienone is 2. The molecule has 0 aromatic heterocycles. The number of nitrogens with one attached hydrogen (secondary N) is 1. The van der Waals surface area contributed by atoms with Crippen LogP contribution in [-0.4, -0.2) is 33.5 Å². The van der Waals surface area contributed by atoms with Crippen LogP contribution in [0.2, 0.25) is 0 Å². The predicted molar refractivity (Wildman–Crippen MR) is 96.3 cm³/mol. The predicted octanol–water partition coefficient (Wildman–Crippen LogP) is 3.57. The summed E-state index contributed by atoms with van der Waals surface area (Å²) in [5.74, 6) is 0.913. The van der Waals surface area contributed by atoms with Crippen LogP contribution in [0.3, 0.4) is 0 Å². The van der Waals surface area contributed by atoms with Crippen LogP contribution in [-0.2, 0) is 0 Å². The van der Waals surface area contributed by atoms with Gasteiger partial charge in [0.05, 0.1) is 11.2 Å². The van der Waals surface area contributed by atoms with Crippen molar-refractivity contribution in [2.24, 2.45) is 11.8 Å². The van der Waals surface area contributed by atoms with Gasteiger partial charge in [0.1, 0.15) is 0 Å². The summed E-state index contributed by atoms with van der Waals surface area (Å²) in [6.07, 6.45) is 5.34. The van der Waals surface area contributed by atoms with Crippen molar-refractivity contribution in [3.8, 4) is 0 Å². The highest BCUT2D eigenvalue weighted by Crippen LogP contribution is 2.39. The smallest absolute Gasteiger partial charge is 0.0772 e. The average molecular weight is 322 g/mol. The van der Waals surface area contributed by atoms with Crippen LogP contribution in [0, 0.1) is 11.8 Å². The zero-order valence-electron chi connectivity index (χ0n) is 15.4. The van der Waals surface area contributed by atoms with Gasteiger partial charge in [-0.2, -0.15) is 0 Å². The molecule has 3 nitrogen and oxygen atoms in total. The van der Waals surface area contributed by atoms with Crippen LogP contribution in [0.25, 0.3) is 0 Å². The number of rotatable bonds is 4. The molecule has 23 heavy (non-hydrogen) atoms. The molecular formula is C20H35NO2. The standard InChI is InChI=1S/C20H35NO2/c1-13(2)15-7-9-19(5,22)17(11-15)21-18-12-16(14(3)4)8-10-20(18,6)23/h15-18,21-23H,1,3,7-12H2,2,4-6H3/t15-,16-,17+,18+,19+,20+/m0/s1. The van der Waals surface area contributed by atoms with Crippen LogP contribution in [0.15, 0.2) is 24.3 Å². The zero-order valence-corrected chi connectivity index (χ0v) is 15.4. The van der Waals surface area contributed by atoms with E-state index < -0.39 is 11.2 Å². The number of hydrogen-bond acceptors (Lipinski definition) is 3. The van der Waals surface area contributed by atoms with Gasteiger partial charge in [0.2, 0.25) is 0 Å². The van der Waals surface area contributed by atoms with Crippen molar-refractivity contribution in [2.75, 3.05) is 0 Å². The molecule has 2 rings (SSSR count). The second-order valence-corrected chi connectivity index (χ2v) is 8.62. The summed E-state index contributed by atoms with van der Waals surface area (Å²) in [5.41, 5.74) is 0.946. The minimum absolute atomic E-state index is 0.00158. The highest BCUT2D eigenvalue weighted by Gasteiger charge is 2.44. The number of aliphatic hydroxyl groups is 2. The highest BCUT2D eigenvalue weighted by atomic mass is 16.3. The summed E-state index contributed by atoms with van der Waals surface area (Å²) in [6, 6.07) is -0.00315. The van der Waals surface area contributed by atoms with Crippen LogP contribution in [0.1, 0.15) is 66.2 Å². The number of hydrogen-bond donors (Lipinski definition) is 3. The summed E-state index contributed by atoms with van der Waals surface area (Å²) in [6.45, 7) is 16.2. The molecule has 0 bridgehead atoms.